The molecular weight excluding hydrogens is 243 g/mol. The molecule has 0 aliphatic rings. The lowest BCUT2D eigenvalue weighted by Crippen LogP contribution is -2.30. The topological polar surface area (TPSA) is 29.1 Å². The average Bonchev–Trinajstić information content (AvgIpc) is 1.82. The van der Waals surface area contributed by atoms with Crippen LogP contribution >= 0.6 is 22.6 Å². The normalized spacial score (nSPS) is 9.78. The molecule has 1 N–H and O–H groups in total. The van der Waals surface area contributed by atoms with E-state index in [9.17, 15) is 13.6 Å². The van der Waals surface area contributed by atoms with Crippen LogP contribution in [0.15, 0.2) is 0 Å². The minimum atomic E-state index is -2.88. The minimum absolute atomic E-state index is 0.309. The summed E-state index contributed by atoms with van der Waals surface area (Å²) in [6.45, 7) is 0.309. The first-order valence-electron chi connectivity index (χ1n) is 2.30. The Morgan fingerprint density at radius 3 is 2.56 bits per heavy atom. The number of carbonyl (C=O) groups is 1. The van der Waals surface area contributed by atoms with Gasteiger partial charge in [0.05, 0.1) is 0 Å². The fraction of sp³-hybridized carbons (Fsp3) is 0.750. The van der Waals surface area contributed by atoms with Gasteiger partial charge in [-0.2, -0.15) is 8.78 Å². The summed E-state index contributed by atoms with van der Waals surface area (Å²) in [6, 6.07) is 0. The van der Waals surface area contributed by atoms with E-state index in [4.69, 9.17) is 0 Å². The van der Waals surface area contributed by atoms with Crippen LogP contribution in [0.5, 0.6) is 0 Å². The van der Waals surface area contributed by atoms with E-state index in [0.717, 1.165) is 0 Å². The predicted molar refractivity (Wildman–Crippen MR) is 37.9 cm³/mol. The van der Waals surface area contributed by atoms with Gasteiger partial charge in [0.2, 0.25) is 0 Å². The molecule has 0 heterocycles. The molecule has 0 radical (unpaired) electrons. The monoisotopic (exact) mass is 249 g/mol. The van der Waals surface area contributed by atoms with Crippen molar-refractivity contribution in [3.63, 3.8) is 0 Å². The lowest BCUT2D eigenvalue weighted by molar-refractivity contribution is -0.131. The van der Waals surface area contributed by atoms with Gasteiger partial charge in [0, 0.05) is 11.0 Å². The molecule has 0 bridgehead atoms. The molecule has 0 saturated carbocycles. The molecule has 0 spiro atoms. The second-order valence-electron chi connectivity index (χ2n) is 1.28. The fourth-order valence-corrected chi connectivity index (χ4v) is 0.517. The molecule has 1 amide bonds. The minimum Gasteiger partial charge on any atom is -0.350 e. The summed E-state index contributed by atoms with van der Waals surface area (Å²) in [5, 5.41) is 2.04. The second kappa shape index (κ2) is 4.89. The Morgan fingerprint density at radius 2 is 2.22 bits per heavy atom. The van der Waals surface area contributed by atoms with Crippen LogP contribution in [0.3, 0.4) is 0 Å². The standard InChI is InChI=1S/C4H6F2INO/c5-3(6)4(9)8-2-1-7/h3H,1-2H2,(H,8,9). The van der Waals surface area contributed by atoms with Crippen molar-refractivity contribution in [1.29, 1.82) is 0 Å². The first-order chi connectivity index (χ1) is 4.18. The highest BCUT2D eigenvalue weighted by molar-refractivity contribution is 14.1. The van der Waals surface area contributed by atoms with Crippen LogP contribution in [0.25, 0.3) is 0 Å². The van der Waals surface area contributed by atoms with E-state index >= 15 is 0 Å². The number of halogens is 3. The second-order valence-corrected chi connectivity index (χ2v) is 2.36. The highest BCUT2D eigenvalue weighted by atomic mass is 127. The molecule has 9 heavy (non-hydrogen) atoms. The summed E-state index contributed by atoms with van der Waals surface area (Å²) in [6.07, 6.45) is -2.88. The van der Waals surface area contributed by atoms with E-state index in [2.05, 4.69) is 0 Å². The lowest BCUT2D eigenvalue weighted by atomic mass is 10.6. The van der Waals surface area contributed by atoms with Crippen LogP contribution in [0.4, 0.5) is 8.78 Å². The first-order valence-corrected chi connectivity index (χ1v) is 3.83. The van der Waals surface area contributed by atoms with Crippen LogP contribution in [-0.4, -0.2) is 23.3 Å². The number of hydrogen-bond donors (Lipinski definition) is 1. The first kappa shape index (κ1) is 9.06. The SMILES string of the molecule is O=C(NCCI)C(F)F. The van der Waals surface area contributed by atoms with Crippen molar-refractivity contribution in [3.8, 4) is 0 Å². The third-order valence-electron chi connectivity index (χ3n) is 0.592. The Hall–Kier alpha value is 0.0600. The Kier molecular flexibility index (Phi) is 4.93. The number of amides is 1. The zero-order valence-corrected chi connectivity index (χ0v) is 6.69. The molecule has 0 aliphatic heterocycles. The van der Waals surface area contributed by atoms with Crippen LogP contribution in [0, 0.1) is 0 Å². The molecule has 5 heteroatoms. The molecule has 0 aliphatic carbocycles. The molecule has 0 fully saturated rings. The largest absolute Gasteiger partial charge is 0.350 e. The zero-order chi connectivity index (χ0) is 7.28. The van der Waals surface area contributed by atoms with Crippen LogP contribution in [0.2, 0.25) is 0 Å². The van der Waals surface area contributed by atoms with Gasteiger partial charge in [0.15, 0.2) is 0 Å². The molecule has 0 unspecified atom stereocenters. The molecule has 54 valence electrons. The van der Waals surface area contributed by atoms with E-state index in [-0.39, 0.29) is 0 Å². The van der Waals surface area contributed by atoms with Gasteiger partial charge < -0.3 is 5.32 Å². The van der Waals surface area contributed by atoms with Crippen LogP contribution in [-0.2, 0) is 4.79 Å². The highest BCUT2D eigenvalue weighted by Gasteiger charge is 2.12. The van der Waals surface area contributed by atoms with Crippen molar-refractivity contribution in [3.05, 3.63) is 0 Å². The van der Waals surface area contributed by atoms with Gasteiger partial charge in [-0.15, -0.1) is 0 Å². The maximum absolute atomic E-state index is 11.3. The third kappa shape index (κ3) is 4.56. The van der Waals surface area contributed by atoms with E-state index in [1.54, 1.807) is 0 Å². The van der Waals surface area contributed by atoms with Crippen molar-refractivity contribution in [2.24, 2.45) is 0 Å². The van der Waals surface area contributed by atoms with Gasteiger partial charge in [-0.25, -0.2) is 0 Å². The lowest BCUT2D eigenvalue weighted by Gasteiger charge is -1.98. The van der Waals surface area contributed by atoms with Crippen molar-refractivity contribution in [1.82, 2.24) is 5.32 Å². The average molecular weight is 249 g/mol. The third-order valence-corrected chi connectivity index (χ3v) is 1.13. The number of carbonyl (C=O) groups excluding carboxylic acids is 1. The Labute approximate surface area is 65.1 Å². The van der Waals surface area contributed by atoms with Crippen molar-refractivity contribution in [2.75, 3.05) is 11.0 Å². The Balaban J connectivity index is 3.28. The molecule has 0 saturated heterocycles. The molecular formula is C4H6F2INO. The van der Waals surface area contributed by atoms with Gasteiger partial charge >= 0.3 is 6.43 Å². The summed E-state index contributed by atoms with van der Waals surface area (Å²) in [7, 11) is 0. The highest BCUT2D eigenvalue weighted by Crippen LogP contribution is 1.90. The maximum Gasteiger partial charge on any atom is 0.315 e. The molecule has 2 nitrogen and oxygen atoms in total. The van der Waals surface area contributed by atoms with E-state index in [0.29, 0.717) is 11.0 Å². The van der Waals surface area contributed by atoms with Gasteiger partial charge in [-0.05, 0) is 0 Å². The summed E-state index contributed by atoms with van der Waals surface area (Å²) in [5.74, 6) is -1.19. The number of rotatable bonds is 3. The van der Waals surface area contributed by atoms with E-state index in [1.165, 1.54) is 0 Å². The van der Waals surface area contributed by atoms with Crippen LogP contribution in [0.1, 0.15) is 0 Å². The van der Waals surface area contributed by atoms with E-state index in [1.807, 2.05) is 27.9 Å². The maximum atomic E-state index is 11.3. The quantitative estimate of drug-likeness (QED) is 0.581. The zero-order valence-electron chi connectivity index (χ0n) is 4.53. The van der Waals surface area contributed by atoms with Gasteiger partial charge in [-0.3, -0.25) is 4.79 Å². The molecule has 0 rings (SSSR count). The summed E-state index contributed by atoms with van der Waals surface area (Å²) < 4.78 is 23.3. The predicted octanol–water partition coefficient (Wildman–Crippen LogP) is 0.803. The Morgan fingerprint density at radius 1 is 1.67 bits per heavy atom. The molecule has 0 aromatic rings. The van der Waals surface area contributed by atoms with Gasteiger partial charge in [0.25, 0.3) is 5.91 Å². The fourth-order valence-electron chi connectivity index (χ4n) is 0.248. The number of hydrogen-bond acceptors (Lipinski definition) is 1. The van der Waals surface area contributed by atoms with Crippen molar-refractivity contribution < 1.29 is 13.6 Å². The van der Waals surface area contributed by atoms with Crippen molar-refractivity contribution in [2.45, 2.75) is 6.43 Å². The molecule has 0 aromatic heterocycles. The number of nitrogens with one attached hydrogen (secondary N) is 1. The summed E-state index contributed by atoms with van der Waals surface area (Å²) >= 11 is 1.98. The van der Waals surface area contributed by atoms with Gasteiger partial charge in [0.1, 0.15) is 0 Å². The summed E-state index contributed by atoms with van der Waals surface area (Å²) in [4.78, 5) is 10.0. The van der Waals surface area contributed by atoms with E-state index < -0.39 is 12.3 Å². The summed E-state index contributed by atoms with van der Waals surface area (Å²) in [5.41, 5.74) is 0. The molecule has 0 atom stereocenters. The van der Waals surface area contributed by atoms with Crippen molar-refractivity contribution >= 4 is 28.5 Å². The number of alkyl halides is 3. The smallest absolute Gasteiger partial charge is 0.315 e. The van der Waals surface area contributed by atoms with Gasteiger partial charge in [-0.1, -0.05) is 22.6 Å². The van der Waals surface area contributed by atoms with Crippen LogP contribution < -0.4 is 5.32 Å². The Bertz CT molecular complexity index is 98.6. The molecule has 0 aromatic carbocycles.